The standard InChI is InChI=1S/C11H16N2O3/c1-3-15-11(14)9-4-5-13-10(6-9)16-7-8(2)12/h4-6,8H,3,7,12H2,1-2H3. The molecular weight excluding hydrogens is 208 g/mol. The maximum atomic E-state index is 11.4. The summed E-state index contributed by atoms with van der Waals surface area (Å²) in [6.45, 7) is 4.29. The van der Waals surface area contributed by atoms with Gasteiger partial charge in [0.2, 0.25) is 5.88 Å². The SMILES string of the molecule is CCOC(=O)c1ccnc(OCC(C)N)c1. The summed E-state index contributed by atoms with van der Waals surface area (Å²) in [4.78, 5) is 15.4. The molecular formula is C11H16N2O3. The van der Waals surface area contributed by atoms with Gasteiger partial charge in [-0.1, -0.05) is 0 Å². The van der Waals surface area contributed by atoms with Crippen molar-refractivity contribution in [1.82, 2.24) is 4.98 Å². The fraction of sp³-hybridized carbons (Fsp3) is 0.455. The highest BCUT2D eigenvalue weighted by atomic mass is 16.5. The lowest BCUT2D eigenvalue weighted by molar-refractivity contribution is 0.0525. The van der Waals surface area contributed by atoms with Gasteiger partial charge in [0.15, 0.2) is 0 Å². The summed E-state index contributed by atoms with van der Waals surface area (Å²) in [5, 5.41) is 0. The number of rotatable bonds is 5. The molecule has 0 aliphatic heterocycles. The Balaban J connectivity index is 2.67. The van der Waals surface area contributed by atoms with Gasteiger partial charge < -0.3 is 15.2 Å². The Morgan fingerprint density at radius 3 is 3.00 bits per heavy atom. The summed E-state index contributed by atoms with van der Waals surface area (Å²) >= 11 is 0. The molecule has 0 aliphatic carbocycles. The molecule has 0 fully saturated rings. The minimum absolute atomic E-state index is 0.0759. The summed E-state index contributed by atoms with van der Waals surface area (Å²) in [6.07, 6.45) is 1.50. The monoisotopic (exact) mass is 224 g/mol. The highest BCUT2D eigenvalue weighted by Gasteiger charge is 2.08. The zero-order valence-electron chi connectivity index (χ0n) is 9.47. The number of pyridine rings is 1. The van der Waals surface area contributed by atoms with E-state index in [1.54, 1.807) is 19.1 Å². The van der Waals surface area contributed by atoms with Crippen LogP contribution in [-0.4, -0.2) is 30.2 Å². The van der Waals surface area contributed by atoms with Crippen LogP contribution in [0.3, 0.4) is 0 Å². The second-order valence-electron chi connectivity index (χ2n) is 3.39. The molecule has 0 amide bonds. The summed E-state index contributed by atoms with van der Waals surface area (Å²) < 4.78 is 10.2. The number of carbonyl (C=O) groups is 1. The average molecular weight is 224 g/mol. The summed E-state index contributed by atoms with van der Waals surface area (Å²) in [5.74, 6) is -0.00148. The zero-order chi connectivity index (χ0) is 12.0. The van der Waals surface area contributed by atoms with Crippen molar-refractivity contribution in [2.45, 2.75) is 19.9 Å². The van der Waals surface area contributed by atoms with Gasteiger partial charge >= 0.3 is 5.97 Å². The van der Waals surface area contributed by atoms with Crippen LogP contribution in [0.2, 0.25) is 0 Å². The minimum atomic E-state index is -0.379. The number of nitrogens with two attached hydrogens (primary N) is 1. The number of aromatic nitrogens is 1. The molecule has 0 bridgehead atoms. The topological polar surface area (TPSA) is 74.4 Å². The van der Waals surface area contributed by atoms with E-state index in [1.165, 1.54) is 6.20 Å². The molecule has 1 aromatic rings. The number of carbonyl (C=O) groups excluding carboxylic acids is 1. The lowest BCUT2D eigenvalue weighted by Crippen LogP contribution is -2.24. The Kier molecular flexibility index (Phi) is 4.72. The van der Waals surface area contributed by atoms with E-state index in [2.05, 4.69) is 4.98 Å². The molecule has 0 saturated heterocycles. The summed E-state index contributed by atoms with van der Waals surface area (Å²) in [5.41, 5.74) is 5.97. The zero-order valence-corrected chi connectivity index (χ0v) is 9.47. The molecule has 2 N–H and O–H groups in total. The molecule has 0 aromatic carbocycles. The van der Waals surface area contributed by atoms with Crippen molar-refractivity contribution in [3.05, 3.63) is 23.9 Å². The van der Waals surface area contributed by atoms with Crippen LogP contribution in [0.1, 0.15) is 24.2 Å². The predicted octanol–water partition coefficient (Wildman–Crippen LogP) is 0.984. The van der Waals surface area contributed by atoms with Gasteiger partial charge in [0.05, 0.1) is 12.2 Å². The van der Waals surface area contributed by atoms with Crippen molar-refractivity contribution < 1.29 is 14.3 Å². The van der Waals surface area contributed by atoms with E-state index in [9.17, 15) is 4.79 Å². The van der Waals surface area contributed by atoms with Crippen molar-refractivity contribution >= 4 is 5.97 Å². The molecule has 88 valence electrons. The van der Waals surface area contributed by atoms with Crippen LogP contribution >= 0.6 is 0 Å². The Hall–Kier alpha value is -1.62. The fourth-order valence-electron chi connectivity index (χ4n) is 1.05. The third kappa shape index (κ3) is 3.86. The molecule has 0 aliphatic rings. The number of nitrogens with zero attached hydrogens (tertiary/aromatic N) is 1. The summed E-state index contributed by atoms with van der Waals surface area (Å²) in [7, 11) is 0. The van der Waals surface area contributed by atoms with Gasteiger partial charge in [-0.15, -0.1) is 0 Å². The maximum Gasteiger partial charge on any atom is 0.338 e. The second kappa shape index (κ2) is 6.07. The van der Waals surface area contributed by atoms with Crippen molar-refractivity contribution in [2.24, 2.45) is 5.73 Å². The van der Waals surface area contributed by atoms with Crippen LogP contribution in [0.4, 0.5) is 0 Å². The Morgan fingerprint density at radius 1 is 1.62 bits per heavy atom. The highest BCUT2D eigenvalue weighted by molar-refractivity contribution is 5.89. The van der Waals surface area contributed by atoms with E-state index in [0.717, 1.165) is 0 Å². The molecule has 0 radical (unpaired) electrons. The first-order chi connectivity index (χ1) is 7.63. The smallest absolute Gasteiger partial charge is 0.338 e. The molecule has 1 heterocycles. The molecule has 5 nitrogen and oxygen atoms in total. The van der Waals surface area contributed by atoms with E-state index in [1.807, 2.05) is 6.92 Å². The van der Waals surface area contributed by atoms with Crippen LogP contribution in [-0.2, 0) is 4.74 Å². The van der Waals surface area contributed by atoms with Gasteiger partial charge in [-0.3, -0.25) is 0 Å². The Morgan fingerprint density at radius 2 is 2.38 bits per heavy atom. The van der Waals surface area contributed by atoms with Crippen LogP contribution in [0.5, 0.6) is 5.88 Å². The van der Waals surface area contributed by atoms with Gasteiger partial charge in [0.25, 0.3) is 0 Å². The van der Waals surface area contributed by atoms with E-state index in [4.69, 9.17) is 15.2 Å². The van der Waals surface area contributed by atoms with Crippen LogP contribution in [0, 0.1) is 0 Å². The molecule has 16 heavy (non-hydrogen) atoms. The molecule has 1 atom stereocenters. The minimum Gasteiger partial charge on any atom is -0.476 e. The van der Waals surface area contributed by atoms with Gasteiger partial charge in [0.1, 0.15) is 6.61 Å². The van der Waals surface area contributed by atoms with E-state index in [0.29, 0.717) is 24.7 Å². The number of esters is 1. The third-order valence-electron chi connectivity index (χ3n) is 1.74. The van der Waals surface area contributed by atoms with Gasteiger partial charge in [-0.05, 0) is 19.9 Å². The lowest BCUT2D eigenvalue weighted by atomic mass is 10.3. The molecule has 1 aromatic heterocycles. The van der Waals surface area contributed by atoms with Crippen LogP contribution < -0.4 is 10.5 Å². The van der Waals surface area contributed by atoms with Crippen LogP contribution in [0.15, 0.2) is 18.3 Å². The van der Waals surface area contributed by atoms with Gasteiger partial charge in [-0.2, -0.15) is 0 Å². The first-order valence-corrected chi connectivity index (χ1v) is 5.15. The largest absolute Gasteiger partial charge is 0.476 e. The van der Waals surface area contributed by atoms with E-state index < -0.39 is 0 Å². The van der Waals surface area contributed by atoms with Gasteiger partial charge in [-0.25, -0.2) is 9.78 Å². The molecule has 1 rings (SSSR count). The van der Waals surface area contributed by atoms with E-state index in [-0.39, 0.29) is 12.0 Å². The first-order valence-electron chi connectivity index (χ1n) is 5.15. The molecule has 5 heteroatoms. The quantitative estimate of drug-likeness (QED) is 0.755. The number of hydrogen-bond acceptors (Lipinski definition) is 5. The number of ether oxygens (including phenoxy) is 2. The lowest BCUT2D eigenvalue weighted by Gasteiger charge is -2.08. The fourth-order valence-corrected chi connectivity index (χ4v) is 1.05. The van der Waals surface area contributed by atoms with Crippen LogP contribution in [0.25, 0.3) is 0 Å². The average Bonchev–Trinajstić information content (AvgIpc) is 2.27. The highest BCUT2D eigenvalue weighted by Crippen LogP contribution is 2.10. The predicted molar refractivity (Wildman–Crippen MR) is 59.3 cm³/mol. The number of hydrogen-bond donors (Lipinski definition) is 1. The molecule has 0 saturated carbocycles. The first kappa shape index (κ1) is 12.4. The summed E-state index contributed by atoms with van der Waals surface area (Å²) in [6, 6.07) is 3.05. The van der Waals surface area contributed by atoms with Crippen molar-refractivity contribution in [3.63, 3.8) is 0 Å². The van der Waals surface area contributed by atoms with Crippen molar-refractivity contribution in [1.29, 1.82) is 0 Å². The molecule has 0 spiro atoms. The van der Waals surface area contributed by atoms with Crippen molar-refractivity contribution in [2.75, 3.05) is 13.2 Å². The van der Waals surface area contributed by atoms with Crippen molar-refractivity contribution in [3.8, 4) is 5.88 Å². The van der Waals surface area contributed by atoms with E-state index >= 15 is 0 Å². The van der Waals surface area contributed by atoms with Gasteiger partial charge in [0, 0.05) is 18.3 Å². The molecule has 1 unspecified atom stereocenters. The Labute approximate surface area is 94.6 Å². The normalized spacial score (nSPS) is 11.9. The maximum absolute atomic E-state index is 11.4. The second-order valence-corrected chi connectivity index (χ2v) is 3.39. The Bertz CT molecular complexity index is 353. The third-order valence-corrected chi connectivity index (χ3v) is 1.74.